The summed E-state index contributed by atoms with van der Waals surface area (Å²) in [5.41, 5.74) is 6.71. The maximum Gasteiger partial charge on any atom is 0.208 e. The molecule has 5 nitrogen and oxygen atoms in total. The fourth-order valence-electron chi connectivity index (χ4n) is 1.83. The maximum atomic E-state index is 8.84. The SMILES string of the molecule is N#Cc1cc(-c2ccc3c(c2)OCCO3)oc1N. The Morgan fingerprint density at radius 3 is 2.61 bits per heavy atom. The maximum absolute atomic E-state index is 8.84. The molecule has 90 valence electrons. The number of benzene rings is 1. The highest BCUT2D eigenvalue weighted by molar-refractivity contribution is 5.67. The van der Waals surface area contributed by atoms with E-state index >= 15 is 0 Å². The van der Waals surface area contributed by atoms with Gasteiger partial charge in [0, 0.05) is 11.6 Å². The molecule has 0 aliphatic carbocycles. The van der Waals surface area contributed by atoms with Crippen molar-refractivity contribution in [2.45, 2.75) is 0 Å². The number of nitriles is 1. The van der Waals surface area contributed by atoms with Crippen LogP contribution in [-0.2, 0) is 0 Å². The van der Waals surface area contributed by atoms with E-state index in [1.807, 2.05) is 24.3 Å². The topological polar surface area (TPSA) is 81.4 Å². The number of anilines is 1. The molecule has 3 rings (SSSR count). The van der Waals surface area contributed by atoms with E-state index in [1.54, 1.807) is 6.07 Å². The third-order valence-corrected chi connectivity index (χ3v) is 2.71. The van der Waals surface area contributed by atoms with Crippen molar-refractivity contribution in [3.63, 3.8) is 0 Å². The van der Waals surface area contributed by atoms with E-state index in [0.717, 1.165) is 5.56 Å². The zero-order valence-electron chi connectivity index (χ0n) is 9.47. The molecule has 1 aromatic heterocycles. The molecule has 0 atom stereocenters. The van der Waals surface area contributed by atoms with Crippen LogP contribution in [0.2, 0.25) is 0 Å². The third-order valence-electron chi connectivity index (χ3n) is 2.71. The molecular weight excluding hydrogens is 232 g/mol. The Hall–Kier alpha value is -2.61. The highest BCUT2D eigenvalue weighted by Crippen LogP contribution is 2.36. The summed E-state index contributed by atoms with van der Waals surface area (Å²) in [4.78, 5) is 0. The standard InChI is InChI=1S/C13H10N2O3/c14-7-9-6-11(18-13(9)15)8-1-2-10-12(5-8)17-4-3-16-10/h1-2,5-6H,3-4,15H2. The quantitative estimate of drug-likeness (QED) is 0.828. The number of fused-ring (bicyclic) bond motifs is 1. The minimum atomic E-state index is 0.127. The molecular formula is C13H10N2O3. The first-order valence-corrected chi connectivity index (χ1v) is 5.47. The fourth-order valence-corrected chi connectivity index (χ4v) is 1.83. The van der Waals surface area contributed by atoms with Gasteiger partial charge in [0.25, 0.3) is 0 Å². The summed E-state index contributed by atoms with van der Waals surface area (Å²) in [5, 5.41) is 8.84. The van der Waals surface area contributed by atoms with Gasteiger partial charge < -0.3 is 19.6 Å². The lowest BCUT2D eigenvalue weighted by molar-refractivity contribution is 0.171. The summed E-state index contributed by atoms with van der Waals surface area (Å²) in [5.74, 6) is 2.06. The molecule has 18 heavy (non-hydrogen) atoms. The van der Waals surface area contributed by atoms with Crippen molar-refractivity contribution in [2.75, 3.05) is 18.9 Å². The molecule has 2 heterocycles. The Balaban J connectivity index is 2.04. The van der Waals surface area contributed by atoms with Crippen LogP contribution >= 0.6 is 0 Å². The molecule has 0 unspecified atom stereocenters. The predicted molar refractivity (Wildman–Crippen MR) is 64.3 cm³/mol. The summed E-state index contributed by atoms with van der Waals surface area (Å²) in [6, 6.07) is 9.05. The molecule has 0 amide bonds. The van der Waals surface area contributed by atoms with E-state index in [4.69, 9.17) is 24.9 Å². The molecule has 0 bridgehead atoms. The zero-order chi connectivity index (χ0) is 12.5. The van der Waals surface area contributed by atoms with Crippen molar-refractivity contribution in [3.05, 3.63) is 29.8 Å². The second-order valence-electron chi connectivity index (χ2n) is 3.86. The van der Waals surface area contributed by atoms with Crippen LogP contribution < -0.4 is 15.2 Å². The number of nitrogen functional groups attached to an aromatic ring is 1. The van der Waals surface area contributed by atoms with Crippen LogP contribution in [-0.4, -0.2) is 13.2 Å². The highest BCUT2D eigenvalue weighted by atomic mass is 16.6. The van der Waals surface area contributed by atoms with Crippen LogP contribution in [0.4, 0.5) is 5.88 Å². The van der Waals surface area contributed by atoms with Gasteiger partial charge in [0.15, 0.2) is 11.5 Å². The Bertz CT molecular complexity index is 640. The monoisotopic (exact) mass is 242 g/mol. The summed E-state index contributed by atoms with van der Waals surface area (Å²) in [6.07, 6.45) is 0. The van der Waals surface area contributed by atoms with Gasteiger partial charge in [-0.25, -0.2) is 0 Å². The van der Waals surface area contributed by atoms with E-state index in [1.165, 1.54) is 0 Å². The van der Waals surface area contributed by atoms with Gasteiger partial charge in [-0.15, -0.1) is 0 Å². The summed E-state index contributed by atoms with van der Waals surface area (Å²) >= 11 is 0. The number of furan rings is 1. The van der Waals surface area contributed by atoms with Crippen molar-refractivity contribution in [3.8, 4) is 28.9 Å². The Morgan fingerprint density at radius 2 is 1.89 bits per heavy atom. The van der Waals surface area contributed by atoms with Crippen LogP contribution in [0.25, 0.3) is 11.3 Å². The number of rotatable bonds is 1. The van der Waals surface area contributed by atoms with Crippen molar-refractivity contribution in [2.24, 2.45) is 0 Å². The molecule has 0 spiro atoms. The molecule has 1 aliphatic rings. The van der Waals surface area contributed by atoms with E-state index in [9.17, 15) is 0 Å². The Morgan fingerprint density at radius 1 is 1.11 bits per heavy atom. The molecule has 0 fully saturated rings. The number of nitrogens with two attached hydrogens (primary N) is 1. The third kappa shape index (κ3) is 1.64. The largest absolute Gasteiger partial charge is 0.486 e. The van der Waals surface area contributed by atoms with Crippen LogP contribution in [0.15, 0.2) is 28.7 Å². The zero-order valence-corrected chi connectivity index (χ0v) is 9.47. The summed E-state index contributed by atoms with van der Waals surface area (Å²) in [6.45, 7) is 1.08. The first-order chi connectivity index (χ1) is 8.78. The van der Waals surface area contributed by atoms with Gasteiger partial charge in [0.1, 0.15) is 30.6 Å². The first kappa shape index (κ1) is 10.5. The fraction of sp³-hybridized carbons (Fsp3) is 0.154. The summed E-state index contributed by atoms with van der Waals surface area (Å²) in [7, 11) is 0. The van der Waals surface area contributed by atoms with Gasteiger partial charge in [0.05, 0.1) is 0 Å². The molecule has 1 aromatic carbocycles. The Kier molecular flexibility index (Phi) is 2.34. The second-order valence-corrected chi connectivity index (χ2v) is 3.86. The molecule has 0 radical (unpaired) electrons. The molecule has 2 aromatic rings. The van der Waals surface area contributed by atoms with E-state index in [2.05, 4.69) is 0 Å². The summed E-state index contributed by atoms with van der Waals surface area (Å²) < 4.78 is 16.3. The van der Waals surface area contributed by atoms with Gasteiger partial charge in [-0.1, -0.05) is 0 Å². The van der Waals surface area contributed by atoms with Crippen LogP contribution in [0.5, 0.6) is 11.5 Å². The number of hydrogen-bond acceptors (Lipinski definition) is 5. The van der Waals surface area contributed by atoms with Crippen molar-refractivity contribution in [1.29, 1.82) is 5.26 Å². The number of hydrogen-bond donors (Lipinski definition) is 1. The number of ether oxygens (including phenoxy) is 2. The minimum absolute atomic E-state index is 0.127. The lowest BCUT2D eigenvalue weighted by Gasteiger charge is -2.18. The van der Waals surface area contributed by atoms with Crippen LogP contribution in [0, 0.1) is 11.3 Å². The first-order valence-electron chi connectivity index (χ1n) is 5.47. The van der Waals surface area contributed by atoms with Crippen molar-refractivity contribution >= 4 is 5.88 Å². The normalized spacial score (nSPS) is 13.1. The van der Waals surface area contributed by atoms with Gasteiger partial charge in [-0.3, -0.25) is 0 Å². The van der Waals surface area contributed by atoms with Gasteiger partial charge in [-0.05, 0) is 18.2 Å². The van der Waals surface area contributed by atoms with Crippen LogP contribution in [0.3, 0.4) is 0 Å². The smallest absolute Gasteiger partial charge is 0.208 e. The van der Waals surface area contributed by atoms with E-state index < -0.39 is 0 Å². The predicted octanol–water partition coefficient (Wildman–Crippen LogP) is 2.17. The van der Waals surface area contributed by atoms with Gasteiger partial charge in [-0.2, -0.15) is 5.26 Å². The van der Waals surface area contributed by atoms with E-state index in [-0.39, 0.29) is 5.88 Å². The molecule has 2 N–H and O–H groups in total. The van der Waals surface area contributed by atoms with Crippen LogP contribution in [0.1, 0.15) is 5.56 Å². The average Bonchev–Trinajstić information content (AvgIpc) is 2.79. The molecule has 5 heteroatoms. The van der Waals surface area contributed by atoms with Gasteiger partial charge in [0.2, 0.25) is 5.88 Å². The molecule has 1 aliphatic heterocycles. The lowest BCUT2D eigenvalue weighted by atomic mass is 10.1. The van der Waals surface area contributed by atoms with Gasteiger partial charge >= 0.3 is 0 Å². The van der Waals surface area contributed by atoms with E-state index in [0.29, 0.717) is 36.0 Å². The lowest BCUT2D eigenvalue weighted by Crippen LogP contribution is -2.15. The Labute approximate surface area is 103 Å². The van der Waals surface area contributed by atoms with Crippen molar-refractivity contribution < 1.29 is 13.9 Å². The highest BCUT2D eigenvalue weighted by Gasteiger charge is 2.15. The second kappa shape index (κ2) is 4.00. The molecule has 0 saturated carbocycles. The number of nitrogens with zero attached hydrogens (tertiary/aromatic N) is 1. The molecule has 0 saturated heterocycles. The van der Waals surface area contributed by atoms with Crippen molar-refractivity contribution in [1.82, 2.24) is 0 Å². The minimum Gasteiger partial charge on any atom is -0.486 e. The average molecular weight is 242 g/mol.